The minimum absolute atomic E-state index is 0.725. The Labute approximate surface area is 242 Å². The number of halogens is 2. The van der Waals surface area contributed by atoms with Gasteiger partial charge in [0.15, 0.2) is 0 Å². The van der Waals surface area contributed by atoms with Crippen molar-refractivity contribution < 1.29 is 14.0 Å². The molecule has 38 heavy (non-hydrogen) atoms. The normalized spacial score (nSPS) is 11.1. The summed E-state index contributed by atoms with van der Waals surface area (Å²) in [5.41, 5.74) is 7.80. The van der Waals surface area contributed by atoms with Crippen molar-refractivity contribution in [1.82, 2.24) is 0 Å². The molecule has 4 rings (SSSR count). The maximum atomic E-state index is 5.62. The van der Waals surface area contributed by atoms with Gasteiger partial charge in [-0.05, 0) is 101 Å². The second kappa shape index (κ2) is 12.6. The van der Waals surface area contributed by atoms with Crippen LogP contribution in [0.5, 0.6) is 11.5 Å². The average Bonchev–Trinajstić information content (AvgIpc) is 2.94. The molecule has 1 aromatic heterocycles. The summed E-state index contributed by atoms with van der Waals surface area (Å²) in [5.74, 6) is 1.45. The molecule has 1 heterocycles. The molecule has 0 N–H and O–H groups in total. The quantitative estimate of drug-likeness (QED) is 0.173. The summed E-state index contributed by atoms with van der Waals surface area (Å²) in [6.45, 7) is 6.37. The molecule has 0 unspecified atom stereocenters. The van der Waals surface area contributed by atoms with E-state index in [4.69, 9.17) is 9.47 Å². The predicted molar refractivity (Wildman–Crippen MR) is 166 cm³/mol. The molecule has 0 aliphatic rings. The van der Waals surface area contributed by atoms with E-state index in [2.05, 4.69) is 135 Å². The monoisotopic (exact) mass is 635 g/mol. The number of aromatic nitrogens is 1. The second-order valence-electron chi connectivity index (χ2n) is 8.91. The van der Waals surface area contributed by atoms with Crippen molar-refractivity contribution >= 4 is 49.7 Å². The molecule has 0 atom stereocenters. The van der Waals surface area contributed by atoms with Crippen molar-refractivity contribution in [2.24, 2.45) is 7.05 Å². The van der Waals surface area contributed by atoms with Gasteiger partial charge < -0.3 is 14.4 Å². The van der Waals surface area contributed by atoms with Gasteiger partial charge in [-0.15, -0.1) is 0 Å². The lowest BCUT2D eigenvalue weighted by molar-refractivity contribution is -0.662. The summed E-state index contributed by atoms with van der Waals surface area (Å²) in [5, 5.41) is 0. The number of benzene rings is 3. The third kappa shape index (κ3) is 6.13. The van der Waals surface area contributed by atoms with Gasteiger partial charge in [-0.1, -0.05) is 28.1 Å². The van der Waals surface area contributed by atoms with Gasteiger partial charge in [0.1, 0.15) is 23.0 Å². The molecule has 0 bridgehead atoms. The Morgan fingerprint density at radius 1 is 0.737 bits per heavy atom. The number of anilines is 1. The third-order valence-electron chi connectivity index (χ3n) is 6.73. The molecule has 0 radical (unpaired) electrons. The van der Waals surface area contributed by atoms with Crippen LogP contribution in [-0.4, -0.2) is 27.3 Å². The van der Waals surface area contributed by atoms with E-state index < -0.39 is 0 Å². The Morgan fingerprint density at radius 3 is 1.87 bits per heavy atom. The van der Waals surface area contributed by atoms with Crippen molar-refractivity contribution in [1.29, 1.82) is 0 Å². The first-order valence-electron chi connectivity index (χ1n) is 12.6. The molecule has 0 fully saturated rings. The van der Waals surface area contributed by atoms with Crippen molar-refractivity contribution in [3.8, 4) is 33.9 Å². The first-order valence-corrected chi connectivity index (χ1v) is 14.2. The van der Waals surface area contributed by atoms with Gasteiger partial charge in [-0.25, -0.2) is 0 Å². The molecular weight excluding hydrogens is 604 g/mol. The molecular formula is C32H33Br2N2O2+. The van der Waals surface area contributed by atoms with Crippen LogP contribution in [0, 0.1) is 0 Å². The van der Waals surface area contributed by atoms with Crippen LogP contribution in [-0.2, 0) is 7.05 Å². The fraction of sp³-hybridized carbons (Fsp3) is 0.219. The van der Waals surface area contributed by atoms with E-state index in [0.29, 0.717) is 0 Å². The van der Waals surface area contributed by atoms with E-state index in [0.717, 1.165) is 67.2 Å². The molecule has 0 aliphatic heterocycles. The van der Waals surface area contributed by atoms with E-state index in [1.54, 1.807) is 14.2 Å². The highest BCUT2D eigenvalue weighted by molar-refractivity contribution is 9.11. The van der Waals surface area contributed by atoms with Crippen LogP contribution in [0.4, 0.5) is 5.69 Å². The van der Waals surface area contributed by atoms with Crippen LogP contribution in [0.3, 0.4) is 0 Å². The lowest BCUT2D eigenvalue weighted by Gasteiger charge is -2.20. The third-order valence-corrected chi connectivity index (χ3v) is 8.04. The number of hydrogen-bond donors (Lipinski definition) is 0. The fourth-order valence-electron chi connectivity index (χ4n) is 4.51. The molecule has 4 nitrogen and oxygen atoms in total. The zero-order chi connectivity index (χ0) is 27.2. The van der Waals surface area contributed by atoms with E-state index in [1.165, 1.54) is 5.69 Å². The van der Waals surface area contributed by atoms with E-state index in [-0.39, 0.29) is 0 Å². The summed E-state index contributed by atoms with van der Waals surface area (Å²) >= 11 is 7.15. The topological polar surface area (TPSA) is 25.6 Å². The number of pyridine rings is 1. The Kier molecular flexibility index (Phi) is 9.29. The standard InChI is InChI=1S/C32H33Br2N2O2/c1-6-36(7-2)27-15-8-22(9-16-27)10-17-28-18-24(25-20-30(37-4)32(34)31(21-25)38-5)19-29(35(28)3)23-11-13-26(33)14-12-23/h8-21H,6-7H2,1-5H3/q+1. The minimum Gasteiger partial charge on any atom is -0.495 e. The van der Waals surface area contributed by atoms with Crippen LogP contribution < -0.4 is 18.9 Å². The molecule has 0 aliphatic carbocycles. The van der Waals surface area contributed by atoms with Crippen molar-refractivity contribution in [3.05, 3.63) is 93.0 Å². The number of methoxy groups -OCH3 is 2. The summed E-state index contributed by atoms with van der Waals surface area (Å²) < 4.78 is 15.3. The molecule has 0 saturated heterocycles. The number of rotatable bonds is 9. The van der Waals surface area contributed by atoms with Gasteiger partial charge >= 0.3 is 0 Å². The van der Waals surface area contributed by atoms with Crippen molar-refractivity contribution in [2.45, 2.75) is 13.8 Å². The number of nitrogens with zero attached hydrogens (tertiary/aromatic N) is 2. The van der Waals surface area contributed by atoms with Gasteiger partial charge in [-0.3, -0.25) is 0 Å². The van der Waals surface area contributed by atoms with E-state index in [1.807, 2.05) is 12.1 Å². The Bertz CT molecular complexity index is 1400. The molecule has 0 spiro atoms. The smallest absolute Gasteiger partial charge is 0.213 e. The molecule has 0 saturated carbocycles. The largest absolute Gasteiger partial charge is 0.495 e. The zero-order valence-electron chi connectivity index (χ0n) is 22.5. The summed E-state index contributed by atoms with van der Waals surface area (Å²) in [6.07, 6.45) is 4.34. The molecule has 6 heteroatoms. The first kappa shape index (κ1) is 27.9. The van der Waals surface area contributed by atoms with Crippen LogP contribution in [0.25, 0.3) is 34.5 Å². The first-order chi connectivity index (χ1) is 18.4. The van der Waals surface area contributed by atoms with Crippen LogP contribution >= 0.6 is 31.9 Å². The van der Waals surface area contributed by atoms with Crippen LogP contribution in [0.1, 0.15) is 25.1 Å². The number of ether oxygens (including phenoxy) is 2. The molecule has 4 aromatic rings. The lowest BCUT2D eigenvalue weighted by atomic mass is 10.0. The highest BCUT2D eigenvalue weighted by atomic mass is 79.9. The highest BCUT2D eigenvalue weighted by Crippen LogP contribution is 2.39. The van der Waals surface area contributed by atoms with Crippen LogP contribution in [0.15, 0.2) is 81.7 Å². The summed E-state index contributed by atoms with van der Waals surface area (Å²) in [7, 11) is 5.44. The summed E-state index contributed by atoms with van der Waals surface area (Å²) in [4.78, 5) is 2.35. The van der Waals surface area contributed by atoms with E-state index >= 15 is 0 Å². The highest BCUT2D eigenvalue weighted by Gasteiger charge is 2.19. The number of hydrogen-bond acceptors (Lipinski definition) is 3. The van der Waals surface area contributed by atoms with Crippen molar-refractivity contribution in [3.63, 3.8) is 0 Å². The lowest BCUT2D eigenvalue weighted by Crippen LogP contribution is -2.34. The predicted octanol–water partition coefficient (Wildman–Crippen LogP) is 8.40. The second-order valence-corrected chi connectivity index (χ2v) is 10.6. The van der Waals surface area contributed by atoms with Crippen molar-refractivity contribution in [2.75, 3.05) is 32.2 Å². The summed E-state index contributed by atoms with van der Waals surface area (Å²) in [6, 6.07) is 25.6. The van der Waals surface area contributed by atoms with Crippen LogP contribution in [0.2, 0.25) is 0 Å². The van der Waals surface area contributed by atoms with Gasteiger partial charge in [0.2, 0.25) is 11.4 Å². The molecule has 3 aromatic carbocycles. The van der Waals surface area contributed by atoms with Gasteiger partial charge in [0.25, 0.3) is 0 Å². The SMILES string of the molecule is CCN(CC)c1ccc(C=Cc2cc(-c3cc(OC)c(Br)c(OC)c3)cc(-c3ccc(Br)cc3)[n+]2C)cc1. The van der Waals surface area contributed by atoms with Gasteiger partial charge in [-0.2, -0.15) is 4.57 Å². The molecule has 196 valence electrons. The Balaban J connectivity index is 1.82. The Hall–Kier alpha value is -3.09. The Morgan fingerprint density at radius 2 is 1.32 bits per heavy atom. The van der Waals surface area contributed by atoms with E-state index in [9.17, 15) is 0 Å². The maximum Gasteiger partial charge on any atom is 0.213 e. The van der Waals surface area contributed by atoms with Gasteiger partial charge in [0, 0.05) is 47.0 Å². The maximum absolute atomic E-state index is 5.62. The van der Waals surface area contributed by atoms with Gasteiger partial charge in [0.05, 0.1) is 14.2 Å². The minimum atomic E-state index is 0.725. The zero-order valence-corrected chi connectivity index (χ0v) is 25.6. The fourth-order valence-corrected chi connectivity index (χ4v) is 5.32. The average molecular weight is 637 g/mol. The molecule has 0 amide bonds.